The molecule has 10 heteroatoms. The Hall–Kier alpha value is -2.08. The van der Waals surface area contributed by atoms with Crippen LogP contribution in [0.2, 0.25) is 0 Å². The summed E-state index contributed by atoms with van der Waals surface area (Å²) in [5.74, 6) is 1.68. The highest BCUT2D eigenvalue weighted by molar-refractivity contribution is 14.0. The normalized spacial score (nSPS) is 14.2. The molecule has 0 amide bonds. The molecule has 0 bridgehead atoms. The van der Waals surface area contributed by atoms with Crippen LogP contribution in [-0.4, -0.2) is 43.9 Å². The van der Waals surface area contributed by atoms with Crippen LogP contribution < -0.4 is 15.5 Å². The summed E-state index contributed by atoms with van der Waals surface area (Å²) in [6.07, 6.45) is -0.0514. The van der Waals surface area contributed by atoms with E-state index < -0.39 is 12.8 Å². The lowest BCUT2D eigenvalue weighted by molar-refractivity contribution is -0.176. The molecule has 6 nitrogen and oxygen atoms in total. The number of hydrogen-bond donors (Lipinski definition) is 2. The van der Waals surface area contributed by atoms with Gasteiger partial charge in [-0.25, -0.2) is 4.98 Å². The van der Waals surface area contributed by atoms with Gasteiger partial charge in [0.25, 0.3) is 0 Å². The van der Waals surface area contributed by atoms with Crippen LogP contribution in [-0.2, 0) is 24.4 Å². The number of rotatable bonds is 8. The first-order chi connectivity index (χ1) is 14.9. The third kappa shape index (κ3) is 8.81. The number of alkyl halides is 3. The predicted molar refractivity (Wildman–Crippen MR) is 130 cm³/mol. The standard InChI is InChI=1S/C22H28F3N5O.HI/c1-26-21(29-14-19-8-9-27-20(12-19)30-10-2-3-11-30)28-13-17-4-6-18(7-5-17)15-31-16-22(23,24)25;/h4-9,12H,2-3,10-11,13-16H2,1H3,(H2,26,28,29);1H. The van der Waals surface area contributed by atoms with Crippen LogP contribution in [0.4, 0.5) is 19.0 Å². The van der Waals surface area contributed by atoms with Crippen LogP contribution in [0.1, 0.15) is 29.5 Å². The highest BCUT2D eigenvalue weighted by Gasteiger charge is 2.27. The zero-order valence-corrected chi connectivity index (χ0v) is 20.3. The third-order valence-electron chi connectivity index (χ3n) is 4.94. The number of halogens is 4. The van der Waals surface area contributed by atoms with E-state index in [2.05, 4.69) is 36.3 Å². The molecule has 0 atom stereocenters. The van der Waals surface area contributed by atoms with Gasteiger partial charge in [0, 0.05) is 39.4 Å². The SMILES string of the molecule is CN=C(NCc1ccc(COCC(F)(F)F)cc1)NCc1ccnc(N2CCCC2)c1.I. The van der Waals surface area contributed by atoms with Crippen molar-refractivity contribution in [1.29, 1.82) is 0 Å². The smallest absolute Gasteiger partial charge is 0.367 e. The third-order valence-corrected chi connectivity index (χ3v) is 4.94. The van der Waals surface area contributed by atoms with Gasteiger partial charge >= 0.3 is 6.18 Å². The molecular weight excluding hydrogens is 534 g/mol. The van der Waals surface area contributed by atoms with Gasteiger partial charge in [0.15, 0.2) is 5.96 Å². The van der Waals surface area contributed by atoms with E-state index in [0.717, 1.165) is 30.0 Å². The van der Waals surface area contributed by atoms with Crippen LogP contribution in [0, 0.1) is 0 Å². The van der Waals surface area contributed by atoms with E-state index in [4.69, 9.17) is 0 Å². The number of pyridine rings is 1. The first-order valence-electron chi connectivity index (χ1n) is 10.3. The molecule has 1 fully saturated rings. The van der Waals surface area contributed by atoms with Crippen LogP contribution in [0.3, 0.4) is 0 Å². The number of ether oxygens (including phenoxy) is 1. The summed E-state index contributed by atoms with van der Waals surface area (Å²) in [6.45, 7) is 1.97. The van der Waals surface area contributed by atoms with Crippen molar-refractivity contribution in [2.24, 2.45) is 4.99 Å². The van der Waals surface area contributed by atoms with Crippen LogP contribution in [0.5, 0.6) is 0 Å². The lowest BCUT2D eigenvalue weighted by Crippen LogP contribution is -2.36. The van der Waals surface area contributed by atoms with E-state index in [1.807, 2.05) is 24.4 Å². The molecule has 1 aliphatic rings. The molecule has 32 heavy (non-hydrogen) atoms. The highest BCUT2D eigenvalue weighted by Crippen LogP contribution is 2.18. The van der Waals surface area contributed by atoms with Crippen molar-refractivity contribution < 1.29 is 17.9 Å². The Kier molecular flexibility index (Phi) is 10.5. The zero-order valence-electron chi connectivity index (χ0n) is 18.0. The Balaban J connectivity index is 0.00000363. The van der Waals surface area contributed by atoms with Gasteiger partial charge < -0.3 is 20.3 Å². The fourth-order valence-electron chi connectivity index (χ4n) is 3.32. The number of hydrogen-bond acceptors (Lipinski definition) is 4. The number of guanidine groups is 1. The summed E-state index contributed by atoms with van der Waals surface area (Å²) in [6, 6.07) is 11.3. The molecule has 0 aliphatic carbocycles. The van der Waals surface area contributed by atoms with Crippen LogP contribution in [0.25, 0.3) is 0 Å². The molecule has 2 aromatic rings. The fourth-order valence-corrected chi connectivity index (χ4v) is 3.32. The summed E-state index contributed by atoms with van der Waals surface area (Å²) in [7, 11) is 1.71. The van der Waals surface area contributed by atoms with E-state index in [-0.39, 0.29) is 30.6 Å². The van der Waals surface area contributed by atoms with Crippen molar-refractivity contribution in [2.75, 3.05) is 31.6 Å². The Morgan fingerprint density at radius 2 is 1.66 bits per heavy atom. The number of benzene rings is 1. The zero-order chi connectivity index (χ0) is 22.1. The maximum atomic E-state index is 12.1. The van der Waals surface area contributed by atoms with Gasteiger partial charge in [-0.1, -0.05) is 24.3 Å². The molecule has 0 radical (unpaired) electrons. The molecule has 1 aliphatic heterocycles. The van der Waals surface area contributed by atoms with E-state index in [0.29, 0.717) is 24.6 Å². The minimum Gasteiger partial charge on any atom is -0.367 e. The van der Waals surface area contributed by atoms with Crippen LogP contribution >= 0.6 is 24.0 Å². The van der Waals surface area contributed by atoms with Gasteiger partial charge in [-0.05, 0) is 41.7 Å². The summed E-state index contributed by atoms with van der Waals surface area (Å²) in [4.78, 5) is 11.0. The number of aromatic nitrogens is 1. The lowest BCUT2D eigenvalue weighted by atomic mass is 10.1. The molecule has 1 aromatic carbocycles. The quantitative estimate of drug-likeness (QED) is 0.286. The maximum absolute atomic E-state index is 12.1. The molecular formula is C22H29F3IN5O. The van der Waals surface area contributed by atoms with Gasteiger partial charge in [-0.3, -0.25) is 4.99 Å². The molecule has 1 saturated heterocycles. The largest absolute Gasteiger partial charge is 0.411 e. The number of aliphatic imine (C=N–C) groups is 1. The molecule has 1 aromatic heterocycles. The van der Waals surface area contributed by atoms with Gasteiger partial charge in [0.2, 0.25) is 0 Å². The topological polar surface area (TPSA) is 61.8 Å². The second kappa shape index (κ2) is 12.8. The molecule has 0 saturated carbocycles. The molecule has 2 N–H and O–H groups in total. The second-order valence-electron chi connectivity index (χ2n) is 7.42. The Morgan fingerprint density at radius 3 is 2.28 bits per heavy atom. The molecule has 2 heterocycles. The summed E-state index contributed by atoms with van der Waals surface area (Å²) >= 11 is 0. The average molecular weight is 563 g/mol. The minimum absolute atomic E-state index is 0. The Bertz CT molecular complexity index is 855. The van der Waals surface area contributed by atoms with Gasteiger partial charge in [0.1, 0.15) is 12.4 Å². The Morgan fingerprint density at radius 1 is 1.03 bits per heavy atom. The van der Waals surface area contributed by atoms with Gasteiger partial charge in [-0.15, -0.1) is 24.0 Å². The molecule has 176 valence electrons. The van der Waals surface area contributed by atoms with Gasteiger partial charge in [0.05, 0.1) is 6.61 Å². The number of nitrogens with one attached hydrogen (secondary N) is 2. The average Bonchev–Trinajstić information content (AvgIpc) is 3.29. The van der Waals surface area contributed by atoms with Crippen molar-refractivity contribution in [1.82, 2.24) is 15.6 Å². The van der Waals surface area contributed by atoms with E-state index in [1.54, 1.807) is 19.2 Å². The van der Waals surface area contributed by atoms with E-state index >= 15 is 0 Å². The first kappa shape index (κ1) is 26.2. The second-order valence-corrected chi connectivity index (χ2v) is 7.42. The number of nitrogens with zero attached hydrogens (tertiary/aromatic N) is 3. The molecule has 3 rings (SSSR count). The molecule has 0 unspecified atom stereocenters. The van der Waals surface area contributed by atoms with Crippen molar-refractivity contribution in [2.45, 2.75) is 38.7 Å². The van der Waals surface area contributed by atoms with Crippen molar-refractivity contribution in [3.05, 3.63) is 59.3 Å². The van der Waals surface area contributed by atoms with Gasteiger partial charge in [-0.2, -0.15) is 13.2 Å². The minimum atomic E-state index is -4.31. The highest BCUT2D eigenvalue weighted by atomic mass is 127. The van der Waals surface area contributed by atoms with E-state index in [1.165, 1.54) is 12.8 Å². The van der Waals surface area contributed by atoms with E-state index in [9.17, 15) is 13.2 Å². The summed E-state index contributed by atoms with van der Waals surface area (Å²) in [5.41, 5.74) is 2.81. The monoisotopic (exact) mass is 563 g/mol. The Labute approximate surface area is 203 Å². The fraction of sp³-hybridized carbons (Fsp3) is 0.455. The maximum Gasteiger partial charge on any atom is 0.411 e. The number of anilines is 1. The molecule has 0 spiro atoms. The van der Waals surface area contributed by atoms with Crippen molar-refractivity contribution in [3.63, 3.8) is 0 Å². The van der Waals surface area contributed by atoms with Crippen molar-refractivity contribution >= 4 is 35.8 Å². The summed E-state index contributed by atoms with van der Waals surface area (Å²) in [5, 5.41) is 6.53. The lowest BCUT2D eigenvalue weighted by Gasteiger charge is -2.17. The predicted octanol–water partition coefficient (Wildman–Crippen LogP) is 4.24. The van der Waals surface area contributed by atoms with Crippen molar-refractivity contribution in [3.8, 4) is 0 Å². The van der Waals surface area contributed by atoms with Crippen LogP contribution in [0.15, 0.2) is 47.6 Å². The summed E-state index contributed by atoms with van der Waals surface area (Å²) < 4.78 is 41.1. The first-order valence-corrected chi connectivity index (χ1v) is 10.3.